The third-order valence-electron chi connectivity index (χ3n) is 6.14. The average molecular weight is 397 g/mol. The smallest absolute Gasteiger partial charge is 0.317 e. The van der Waals surface area contributed by atoms with E-state index in [-0.39, 0.29) is 23.8 Å². The van der Waals surface area contributed by atoms with Crippen LogP contribution in [0.1, 0.15) is 49.2 Å². The number of piperidine rings is 1. The third-order valence-corrected chi connectivity index (χ3v) is 6.14. The minimum Gasteiger partial charge on any atom is -0.356 e. The van der Waals surface area contributed by atoms with Crippen molar-refractivity contribution >= 4 is 17.0 Å². The summed E-state index contributed by atoms with van der Waals surface area (Å²) >= 11 is 0. The Morgan fingerprint density at radius 2 is 2.07 bits per heavy atom. The fraction of sp³-hybridized carbons (Fsp3) is 0.476. The molecule has 1 aromatic carbocycles. The third kappa shape index (κ3) is 3.47. The Balaban J connectivity index is 1.24. The van der Waals surface area contributed by atoms with E-state index in [0.717, 1.165) is 42.6 Å². The number of aromatic nitrogens is 3. The second kappa shape index (κ2) is 7.17. The largest absolute Gasteiger partial charge is 0.356 e. The highest BCUT2D eigenvalue weighted by molar-refractivity contribution is 5.80. The van der Waals surface area contributed by atoms with Crippen LogP contribution in [-0.4, -0.2) is 38.7 Å². The molecule has 1 unspecified atom stereocenters. The van der Waals surface area contributed by atoms with E-state index in [0.29, 0.717) is 24.6 Å². The van der Waals surface area contributed by atoms with Crippen LogP contribution >= 0.6 is 0 Å². The number of carbonyl (C=O) groups is 1. The van der Waals surface area contributed by atoms with Crippen molar-refractivity contribution in [2.75, 3.05) is 13.1 Å². The molecule has 7 nitrogen and oxygen atoms in total. The second-order valence-electron chi connectivity index (χ2n) is 8.13. The number of benzene rings is 1. The summed E-state index contributed by atoms with van der Waals surface area (Å²) in [5.41, 5.74) is 1.34. The number of likely N-dealkylation sites (tertiary alicyclic amines) is 1. The summed E-state index contributed by atoms with van der Waals surface area (Å²) in [7, 11) is 1.96. The molecule has 8 heteroatoms. The number of hydrogen-bond donors (Lipinski definition) is 1. The van der Waals surface area contributed by atoms with Crippen LogP contribution in [0.4, 0.5) is 9.18 Å². The van der Waals surface area contributed by atoms with Gasteiger partial charge in [0, 0.05) is 49.9 Å². The lowest BCUT2D eigenvalue weighted by Crippen LogP contribution is -2.46. The molecule has 1 atom stereocenters. The van der Waals surface area contributed by atoms with Gasteiger partial charge in [-0.15, -0.1) is 0 Å². The predicted molar refractivity (Wildman–Crippen MR) is 105 cm³/mol. The van der Waals surface area contributed by atoms with Crippen LogP contribution in [0.25, 0.3) is 11.0 Å². The Hall–Kier alpha value is -2.90. The van der Waals surface area contributed by atoms with Crippen LogP contribution in [0.15, 0.2) is 35.1 Å². The van der Waals surface area contributed by atoms with Crippen LogP contribution in [0.3, 0.4) is 0 Å². The summed E-state index contributed by atoms with van der Waals surface area (Å²) in [5.74, 6) is 1.26. The first kappa shape index (κ1) is 18.1. The number of nitrogens with one attached hydrogen (secondary N) is 1. The molecule has 1 saturated heterocycles. The van der Waals surface area contributed by atoms with Gasteiger partial charge < -0.3 is 19.3 Å². The normalized spacial score (nSPS) is 18.9. The molecule has 2 aromatic heterocycles. The second-order valence-corrected chi connectivity index (χ2v) is 8.13. The Labute approximate surface area is 167 Å². The van der Waals surface area contributed by atoms with Crippen molar-refractivity contribution in [1.82, 2.24) is 24.9 Å². The molecule has 3 aromatic rings. The first-order valence-corrected chi connectivity index (χ1v) is 10.2. The van der Waals surface area contributed by atoms with Crippen LogP contribution in [0.5, 0.6) is 0 Å². The van der Waals surface area contributed by atoms with Gasteiger partial charge in [-0.25, -0.2) is 14.2 Å². The number of carbonyl (C=O) groups excluding carboxylic acids is 1. The molecule has 5 rings (SSSR count). The van der Waals surface area contributed by atoms with Crippen molar-refractivity contribution in [1.29, 1.82) is 0 Å². The molecule has 3 heterocycles. The number of aryl methyl sites for hydroxylation is 1. The molecular weight excluding hydrogens is 373 g/mol. The number of halogens is 1. The van der Waals surface area contributed by atoms with E-state index in [1.807, 2.05) is 22.7 Å². The SMILES string of the molecule is Cn1ccnc1C(NC(=O)N1CCC(c2noc3cc(F)ccc23)CC1)C1CC1. The highest BCUT2D eigenvalue weighted by atomic mass is 19.1. The predicted octanol–water partition coefficient (Wildman–Crippen LogP) is 3.74. The van der Waals surface area contributed by atoms with Gasteiger partial charge >= 0.3 is 6.03 Å². The molecule has 1 aliphatic carbocycles. The lowest BCUT2D eigenvalue weighted by Gasteiger charge is -2.32. The number of amides is 2. The van der Waals surface area contributed by atoms with Crippen LogP contribution in [0, 0.1) is 11.7 Å². The number of rotatable bonds is 4. The number of urea groups is 1. The van der Waals surface area contributed by atoms with E-state index in [9.17, 15) is 9.18 Å². The quantitative estimate of drug-likeness (QED) is 0.728. The number of imidazole rings is 1. The van der Waals surface area contributed by atoms with E-state index in [1.165, 1.54) is 12.1 Å². The first-order valence-electron chi connectivity index (χ1n) is 10.2. The Morgan fingerprint density at radius 3 is 2.76 bits per heavy atom. The molecule has 0 bridgehead atoms. The van der Waals surface area contributed by atoms with E-state index in [4.69, 9.17) is 4.52 Å². The zero-order valence-electron chi connectivity index (χ0n) is 16.3. The van der Waals surface area contributed by atoms with Crippen LogP contribution in [-0.2, 0) is 7.05 Å². The van der Waals surface area contributed by atoms with Crippen molar-refractivity contribution in [2.45, 2.75) is 37.6 Å². The van der Waals surface area contributed by atoms with E-state index in [1.54, 1.807) is 12.3 Å². The summed E-state index contributed by atoms with van der Waals surface area (Å²) in [5, 5.41) is 8.25. The van der Waals surface area contributed by atoms with Crippen molar-refractivity contribution in [3.05, 3.63) is 47.9 Å². The fourth-order valence-corrected chi connectivity index (χ4v) is 4.31. The van der Waals surface area contributed by atoms with Crippen LogP contribution in [0.2, 0.25) is 0 Å². The summed E-state index contributed by atoms with van der Waals surface area (Å²) in [4.78, 5) is 19.2. The summed E-state index contributed by atoms with van der Waals surface area (Å²) in [6.45, 7) is 1.31. The monoisotopic (exact) mass is 397 g/mol. The summed E-state index contributed by atoms with van der Waals surface area (Å²) < 4.78 is 20.7. The van der Waals surface area contributed by atoms with Gasteiger partial charge in [-0.1, -0.05) is 5.16 Å². The number of nitrogens with zero attached hydrogens (tertiary/aromatic N) is 4. The maximum atomic E-state index is 13.4. The Kier molecular flexibility index (Phi) is 4.49. The maximum absolute atomic E-state index is 13.4. The Bertz CT molecular complexity index is 1030. The van der Waals surface area contributed by atoms with Gasteiger partial charge in [0.15, 0.2) is 5.58 Å². The van der Waals surface area contributed by atoms with Gasteiger partial charge in [-0.05, 0) is 43.7 Å². The summed E-state index contributed by atoms with van der Waals surface area (Å²) in [6, 6.07) is 4.46. The highest BCUT2D eigenvalue weighted by Gasteiger charge is 2.37. The minimum atomic E-state index is -0.329. The van der Waals surface area contributed by atoms with Crippen molar-refractivity contribution in [3.63, 3.8) is 0 Å². The molecule has 1 aliphatic heterocycles. The number of hydrogen-bond acceptors (Lipinski definition) is 4. The zero-order chi connectivity index (χ0) is 20.0. The van der Waals surface area contributed by atoms with E-state index < -0.39 is 0 Å². The van der Waals surface area contributed by atoms with Gasteiger partial charge in [0.1, 0.15) is 11.6 Å². The van der Waals surface area contributed by atoms with E-state index in [2.05, 4.69) is 15.5 Å². The van der Waals surface area contributed by atoms with Crippen molar-refractivity contribution < 1.29 is 13.7 Å². The molecule has 2 fully saturated rings. The van der Waals surface area contributed by atoms with Gasteiger partial charge in [0.05, 0.1) is 11.7 Å². The van der Waals surface area contributed by atoms with Crippen molar-refractivity contribution in [3.8, 4) is 0 Å². The molecule has 2 aliphatic rings. The van der Waals surface area contributed by atoms with Crippen LogP contribution < -0.4 is 5.32 Å². The number of fused-ring (bicyclic) bond motifs is 1. The topological polar surface area (TPSA) is 76.2 Å². The minimum absolute atomic E-state index is 0.0320. The molecule has 29 heavy (non-hydrogen) atoms. The van der Waals surface area contributed by atoms with E-state index >= 15 is 0 Å². The fourth-order valence-electron chi connectivity index (χ4n) is 4.31. The van der Waals surface area contributed by atoms with Crippen molar-refractivity contribution in [2.24, 2.45) is 13.0 Å². The molecule has 0 spiro atoms. The summed E-state index contributed by atoms with van der Waals surface area (Å²) in [6.07, 6.45) is 7.55. The standard InChI is InChI=1S/C21H24FN5O2/c1-26-11-8-23-20(26)19(13-2-3-13)24-21(28)27-9-6-14(7-10-27)18-16-5-4-15(22)12-17(16)29-25-18/h4-5,8,11-14,19H,2-3,6-7,9-10H2,1H3,(H,24,28). The molecule has 1 saturated carbocycles. The molecule has 1 N–H and O–H groups in total. The molecule has 152 valence electrons. The molecule has 2 amide bonds. The van der Waals surface area contributed by atoms with Gasteiger partial charge in [0.2, 0.25) is 0 Å². The highest BCUT2D eigenvalue weighted by Crippen LogP contribution is 2.40. The van der Waals surface area contributed by atoms with Gasteiger partial charge in [-0.2, -0.15) is 0 Å². The zero-order valence-corrected chi connectivity index (χ0v) is 16.3. The Morgan fingerprint density at radius 1 is 1.28 bits per heavy atom. The lowest BCUT2D eigenvalue weighted by atomic mass is 9.92. The average Bonchev–Trinajstić information content (AvgIpc) is 3.35. The molecular formula is C21H24FN5O2. The lowest BCUT2D eigenvalue weighted by molar-refractivity contribution is 0.174. The first-order chi connectivity index (χ1) is 14.1. The van der Waals surface area contributed by atoms with Gasteiger partial charge in [-0.3, -0.25) is 0 Å². The van der Waals surface area contributed by atoms with Gasteiger partial charge in [0.25, 0.3) is 0 Å². The maximum Gasteiger partial charge on any atom is 0.317 e. The molecule has 0 radical (unpaired) electrons.